The van der Waals surface area contributed by atoms with E-state index in [1.54, 1.807) is 0 Å². The Morgan fingerprint density at radius 2 is 2.04 bits per heavy atom. The van der Waals surface area contributed by atoms with E-state index in [-0.39, 0.29) is 17.9 Å². The number of hydrogen-bond acceptors (Lipinski definition) is 5. The summed E-state index contributed by atoms with van der Waals surface area (Å²) in [6.07, 6.45) is 1.50. The minimum atomic E-state index is -1.00. The van der Waals surface area contributed by atoms with Crippen LogP contribution in [0.2, 0.25) is 0 Å². The standard InChI is InChI=1S/C16H11F2IN4O3/c1-26-16(25)13-5-12(22-14-11(19)7-21-23(13)14)15(24)20-6-8-2-3-9(17)10(18)4-8/h2-5,7H,6H2,1H3,(H,20,24). The van der Waals surface area contributed by atoms with Gasteiger partial charge in [-0.2, -0.15) is 5.10 Å². The van der Waals surface area contributed by atoms with Crippen LogP contribution in [0.15, 0.2) is 30.5 Å². The predicted molar refractivity (Wildman–Crippen MR) is 94.6 cm³/mol. The summed E-state index contributed by atoms with van der Waals surface area (Å²) in [6.45, 7) is -0.0349. The van der Waals surface area contributed by atoms with Gasteiger partial charge in [0.15, 0.2) is 23.0 Å². The van der Waals surface area contributed by atoms with Crippen LogP contribution in [0.1, 0.15) is 26.5 Å². The van der Waals surface area contributed by atoms with Crippen LogP contribution in [0.4, 0.5) is 8.78 Å². The molecule has 1 N–H and O–H groups in total. The second-order valence-electron chi connectivity index (χ2n) is 5.18. The number of carbonyl (C=O) groups excluding carboxylic acids is 2. The highest BCUT2D eigenvalue weighted by molar-refractivity contribution is 14.1. The summed E-state index contributed by atoms with van der Waals surface area (Å²) in [4.78, 5) is 28.5. The molecule has 134 valence electrons. The van der Waals surface area contributed by atoms with E-state index in [4.69, 9.17) is 4.74 Å². The summed E-state index contributed by atoms with van der Waals surface area (Å²) in [5, 5.41) is 6.58. The molecule has 0 aliphatic rings. The molecule has 10 heteroatoms. The van der Waals surface area contributed by atoms with Gasteiger partial charge in [-0.05, 0) is 40.3 Å². The van der Waals surface area contributed by atoms with Crippen molar-refractivity contribution in [1.82, 2.24) is 19.9 Å². The maximum absolute atomic E-state index is 13.2. The van der Waals surface area contributed by atoms with Crippen LogP contribution in [0, 0.1) is 15.2 Å². The Labute approximate surface area is 159 Å². The number of nitrogens with zero attached hydrogens (tertiary/aromatic N) is 3. The number of methoxy groups -OCH3 is 1. The lowest BCUT2D eigenvalue weighted by atomic mass is 10.2. The maximum atomic E-state index is 13.2. The number of ether oxygens (including phenoxy) is 1. The van der Waals surface area contributed by atoms with Crippen molar-refractivity contribution >= 4 is 40.1 Å². The SMILES string of the molecule is COC(=O)c1cc(C(=O)NCc2ccc(F)c(F)c2)nc2c(I)cnn12. The minimum absolute atomic E-state index is 0.0288. The maximum Gasteiger partial charge on any atom is 0.356 e. The van der Waals surface area contributed by atoms with E-state index >= 15 is 0 Å². The third-order valence-corrected chi connectivity index (χ3v) is 4.25. The molecule has 0 bridgehead atoms. The highest BCUT2D eigenvalue weighted by Crippen LogP contribution is 2.15. The fourth-order valence-corrected chi connectivity index (χ4v) is 2.70. The largest absolute Gasteiger partial charge is 0.464 e. The van der Waals surface area contributed by atoms with Gasteiger partial charge in [-0.25, -0.2) is 23.1 Å². The number of carbonyl (C=O) groups is 2. The van der Waals surface area contributed by atoms with Gasteiger partial charge >= 0.3 is 5.97 Å². The first kappa shape index (κ1) is 18.2. The molecule has 0 saturated heterocycles. The molecule has 2 heterocycles. The van der Waals surface area contributed by atoms with Crippen molar-refractivity contribution in [2.24, 2.45) is 0 Å². The molecule has 0 aliphatic carbocycles. The number of halogens is 3. The molecule has 0 saturated carbocycles. The van der Waals surface area contributed by atoms with Crippen LogP contribution in [0.25, 0.3) is 5.65 Å². The van der Waals surface area contributed by atoms with Gasteiger partial charge < -0.3 is 10.1 Å². The first-order chi connectivity index (χ1) is 12.4. The van der Waals surface area contributed by atoms with E-state index in [1.807, 2.05) is 22.6 Å². The first-order valence-corrected chi connectivity index (χ1v) is 8.33. The highest BCUT2D eigenvalue weighted by Gasteiger charge is 2.19. The molecule has 0 aliphatic heterocycles. The minimum Gasteiger partial charge on any atom is -0.464 e. The summed E-state index contributed by atoms with van der Waals surface area (Å²) in [5.74, 6) is -3.23. The number of esters is 1. The molecule has 0 atom stereocenters. The van der Waals surface area contributed by atoms with E-state index in [0.717, 1.165) is 12.1 Å². The van der Waals surface area contributed by atoms with Crippen LogP contribution >= 0.6 is 22.6 Å². The molecule has 7 nitrogen and oxygen atoms in total. The van der Waals surface area contributed by atoms with Crippen LogP contribution in [-0.4, -0.2) is 33.6 Å². The van der Waals surface area contributed by atoms with Gasteiger partial charge in [-0.1, -0.05) is 6.07 Å². The smallest absolute Gasteiger partial charge is 0.356 e. The molecule has 1 amide bonds. The van der Waals surface area contributed by atoms with Gasteiger partial charge in [0.2, 0.25) is 0 Å². The molecule has 3 aromatic rings. The summed E-state index contributed by atoms with van der Waals surface area (Å²) < 4.78 is 32.8. The Balaban J connectivity index is 1.88. The van der Waals surface area contributed by atoms with Crippen LogP contribution < -0.4 is 5.32 Å². The zero-order valence-electron chi connectivity index (χ0n) is 13.3. The first-order valence-electron chi connectivity index (χ1n) is 7.25. The number of nitrogens with one attached hydrogen (secondary N) is 1. The van der Waals surface area contributed by atoms with Crippen LogP contribution in [0.5, 0.6) is 0 Å². The molecule has 26 heavy (non-hydrogen) atoms. The Morgan fingerprint density at radius 3 is 2.73 bits per heavy atom. The Hall–Kier alpha value is -2.63. The van der Waals surface area contributed by atoms with Gasteiger partial charge in [0.25, 0.3) is 5.91 Å². The quantitative estimate of drug-likeness (QED) is 0.466. The van der Waals surface area contributed by atoms with Crippen LogP contribution in [-0.2, 0) is 11.3 Å². The van der Waals surface area contributed by atoms with Crippen molar-refractivity contribution in [3.8, 4) is 0 Å². The molecular formula is C16H11F2IN4O3. The van der Waals surface area contributed by atoms with E-state index in [9.17, 15) is 18.4 Å². The lowest BCUT2D eigenvalue weighted by Crippen LogP contribution is -2.25. The molecule has 1 aromatic carbocycles. The van der Waals surface area contributed by atoms with Crippen molar-refractivity contribution < 1.29 is 23.1 Å². The lowest BCUT2D eigenvalue weighted by molar-refractivity contribution is 0.0590. The summed E-state index contributed by atoms with van der Waals surface area (Å²) in [6, 6.07) is 4.58. The Bertz CT molecular complexity index is 1020. The zero-order chi connectivity index (χ0) is 18.8. The Kier molecular flexibility index (Phi) is 5.11. The second-order valence-corrected chi connectivity index (χ2v) is 6.34. The predicted octanol–water partition coefficient (Wildman–Crippen LogP) is 2.33. The molecule has 0 unspecified atom stereocenters. The zero-order valence-corrected chi connectivity index (χ0v) is 15.5. The molecule has 0 spiro atoms. The normalized spacial score (nSPS) is 10.8. The second kappa shape index (κ2) is 7.32. The molecule has 3 rings (SSSR count). The fraction of sp³-hybridized carbons (Fsp3) is 0.125. The van der Waals surface area contributed by atoms with Gasteiger partial charge in [-0.15, -0.1) is 0 Å². The monoisotopic (exact) mass is 472 g/mol. The third-order valence-electron chi connectivity index (χ3n) is 3.49. The van der Waals surface area contributed by atoms with Gasteiger partial charge in [0, 0.05) is 12.6 Å². The van der Waals surface area contributed by atoms with E-state index < -0.39 is 23.5 Å². The Morgan fingerprint density at radius 1 is 1.27 bits per heavy atom. The van der Waals surface area contributed by atoms with E-state index in [1.165, 1.54) is 30.0 Å². The third kappa shape index (κ3) is 3.49. The van der Waals surface area contributed by atoms with Crippen LogP contribution in [0.3, 0.4) is 0 Å². The average Bonchev–Trinajstić information content (AvgIpc) is 3.02. The number of hydrogen-bond donors (Lipinski definition) is 1. The van der Waals surface area contributed by atoms with Crippen molar-refractivity contribution in [2.45, 2.75) is 6.54 Å². The molecule has 0 radical (unpaired) electrons. The highest BCUT2D eigenvalue weighted by atomic mass is 127. The van der Waals surface area contributed by atoms with Gasteiger partial charge in [-0.3, -0.25) is 4.79 Å². The fourth-order valence-electron chi connectivity index (χ4n) is 2.22. The summed E-state index contributed by atoms with van der Waals surface area (Å²) >= 11 is 1.98. The average molecular weight is 472 g/mol. The molecular weight excluding hydrogens is 461 g/mol. The van der Waals surface area contributed by atoms with Gasteiger partial charge in [0.05, 0.1) is 16.9 Å². The topological polar surface area (TPSA) is 85.6 Å². The number of benzene rings is 1. The summed E-state index contributed by atoms with van der Waals surface area (Å²) in [7, 11) is 1.21. The van der Waals surface area contributed by atoms with Crippen molar-refractivity contribution in [3.05, 3.63) is 62.6 Å². The van der Waals surface area contributed by atoms with Crippen molar-refractivity contribution in [1.29, 1.82) is 0 Å². The number of amides is 1. The number of rotatable bonds is 4. The number of aromatic nitrogens is 3. The van der Waals surface area contributed by atoms with Crippen molar-refractivity contribution in [3.63, 3.8) is 0 Å². The van der Waals surface area contributed by atoms with Gasteiger partial charge in [0.1, 0.15) is 5.69 Å². The molecule has 0 fully saturated rings. The number of fused-ring (bicyclic) bond motifs is 1. The van der Waals surface area contributed by atoms with E-state index in [2.05, 4.69) is 15.4 Å². The molecule has 2 aromatic heterocycles. The van der Waals surface area contributed by atoms with Crippen molar-refractivity contribution in [2.75, 3.05) is 7.11 Å². The lowest BCUT2D eigenvalue weighted by Gasteiger charge is -2.08. The van der Waals surface area contributed by atoms with E-state index in [0.29, 0.717) is 14.8 Å². The summed E-state index contributed by atoms with van der Waals surface area (Å²) in [5.41, 5.74) is 0.717.